The fourth-order valence-electron chi connectivity index (χ4n) is 2.60. The highest BCUT2D eigenvalue weighted by molar-refractivity contribution is 5.69. The van der Waals surface area contributed by atoms with Crippen molar-refractivity contribution in [2.75, 3.05) is 26.2 Å². The van der Waals surface area contributed by atoms with Gasteiger partial charge in [0.2, 0.25) is 0 Å². The molecule has 4 heteroatoms. The molecule has 4 nitrogen and oxygen atoms in total. The first kappa shape index (κ1) is 12.7. The smallest absolute Gasteiger partial charge is 0.410 e. The molecule has 0 aromatic heterocycles. The van der Waals surface area contributed by atoms with Gasteiger partial charge in [0.25, 0.3) is 0 Å². The molecule has 0 bridgehead atoms. The fourth-order valence-corrected chi connectivity index (χ4v) is 2.60. The van der Waals surface area contributed by atoms with Crippen molar-refractivity contribution in [2.45, 2.75) is 39.7 Å². The highest BCUT2D eigenvalue weighted by atomic mass is 16.6. The number of nitrogens with zero attached hydrogens (tertiary/aromatic N) is 1. The first-order valence-electron chi connectivity index (χ1n) is 6.55. The lowest BCUT2D eigenvalue weighted by Crippen LogP contribution is -2.54. The van der Waals surface area contributed by atoms with Crippen LogP contribution in [0.1, 0.15) is 34.1 Å². The van der Waals surface area contributed by atoms with E-state index in [1.807, 2.05) is 25.7 Å². The van der Waals surface area contributed by atoms with Crippen molar-refractivity contribution in [2.24, 2.45) is 11.3 Å². The molecule has 2 fully saturated rings. The third kappa shape index (κ3) is 2.73. The lowest BCUT2D eigenvalue weighted by atomic mass is 9.94. The van der Waals surface area contributed by atoms with Gasteiger partial charge in [0.1, 0.15) is 5.60 Å². The number of amides is 1. The van der Waals surface area contributed by atoms with E-state index < -0.39 is 0 Å². The first-order chi connectivity index (χ1) is 7.86. The second kappa shape index (κ2) is 4.16. The van der Waals surface area contributed by atoms with Gasteiger partial charge in [-0.2, -0.15) is 0 Å². The van der Waals surface area contributed by atoms with Gasteiger partial charge in [-0.25, -0.2) is 4.79 Å². The molecule has 1 aliphatic carbocycles. The molecule has 0 aromatic rings. The van der Waals surface area contributed by atoms with Crippen LogP contribution >= 0.6 is 0 Å². The van der Waals surface area contributed by atoms with Crippen molar-refractivity contribution >= 4 is 6.09 Å². The summed E-state index contributed by atoms with van der Waals surface area (Å²) in [6.07, 6.45) is 1.11. The van der Waals surface area contributed by atoms with Crippen LogP contribution in [0, 0.1) is 11.3 Å². The molecule has 1 atom stereocenters. The molecule has 1 amide bonds. The lowest BCUT2D eigenvalue weighted by molar-refractivity contribution is -0.00919. The minimum atomic E-state index is -0.382. The number of likely N-dealkylation sites (tertiary alicyclic amines) is 1. The van der Waals surface area contributed by atoms with E-state index in [2.05, 4.69) is 12.2 Å². The maximum absolute atomic E-state index is 11.8. The van der Waals surface area contributed by atoms with Crippen LogP contribution in [0.25, 0.3) is 0 Å². The minimum absolute atomic E-state index is 0.155. The summed E-state index contributed by atoms with van der Waals surface area (Å²) < 4.78 is 5.35. The van der Waals surface area contributed by atoms with Gasteiger partial charge in [-0.3, -0.25) is 0 Å². The number of hydrogen-bond donors (Lipinski definition) is 1. The van der Waals surface area contributed by atoms with Crippen molar-refractivity contribution < 1.29 is 9.53 Å². The van der Waals surface area contributed by atoms with Crippen molar-refractivity contribution in [3.05, 3.63) is 0 Å². The zero-order chi connectivity index (χ0) is 12.7. The van der Waals surface area contributed by atoms with E-state index in [-0.39, 0.29) is 11.7 Å². The quantitative estimate of drug-likeness (QED) is 0.818. The van der Waals surface area contributed by atoms with Crippen LogP contribution < -0.4 is 5.32 Å². The van der Waals surface area contributed by atoms with Gasteiger partial charge in [0, 0.05) is 18.5 Å². The Balaban J connectivity index is 1.71. The predicted octanol–water partition coefficient (Wildman–Crippen LogP) is 1.85. The Hall–Kier alpha value is -0.770. The molecular formula is C13H24N2O2. The summed E-state index contributed by atoms with van der Waals surface area (Å²) in [4.78, 5) is 13.6. The van der Waals surface area contributed by atoms with Crippen molar-refractivity contribution in [1.29, 1.82) is 0 Å². The fraction of sp³-hybridized carbons (Fsp3) is 0.923. The molecule has 1 N–H and O–H groups in total. The van der Waals surface area contributed by atoms with E-state index in [4.69, 9.17) is 4.74 Å². The number of rotatable bonds is 3. The molecule has 1 aliphatic heterocycles. The molecule has 1 heterocycles. The molecule has 2 rings (SSSR count). The van der Waals surface area contributed by atoms with E-state index in [9.17, 15) is 4.79 Å². The molecule has 1 saturated carbocycles. The molecule has 1 unspecified atom stereocenters. The Morgan fingerprint density at radius 2 is 2.12 bits per heavy atom. The lowest BCUT2D eigenvalue weighted by Gasteiger charge is -2.41. The second-order valence-corrected chi connectivity index (χ2v) is 6.41. The van der Waals surface area contributed by atoms with Crippen LogP contribution in [0.15, 0.2) is 0 Å². The zero-order valence-corrected chi connectivity index (χ0v) is 11.4. The summed E-state index contributed by atoms with van der Waals surface area (Å²) in [7, 11) is 0. The van der Waals surface area contributed by atoms with Gasteiger partial charge >= 0.3 is 6.09 Å². The number of ether oxygens (including phenoxy) is 1. The average Bonchev–Trinajstić information content (AvgIpc) is 2.83. The second-order valence-electron chi connectivity index (χ2n) is 6.41. The van der Waals surface area contributed by atoms with Gasteiger partial charge in [-0.15, -0.1) is 0 Å². The Kier molecular flexibility index (Phi) is 3.10. The maximum Gasteiger partial charge on any atom is 0.410 e. The summed E-state index contributed by atoms with van der Waals surface area (Å²) >= 11 is 0. The van der Waals surface area contributed by atoms with E-state index in [1.165, 1.54) is 6.42 Å². The van der Waals surface area contributed by atoms with Gasteiger partial charge in [0.15, 0.2) is 0 Å². The summed E-state index contributed by atoms with van der Waals surface area (Å²) in [6.45, 7) is 11.8. The van der Waals surface area contributed by atoms with Crippen LogP contribution in [0.2, 0.25) is 0 Å². The molecule has 98 valence electrons. The molecule has 2 aliphatic rings. The van der Waals surface area contributed by atoms with Crippen LogP contribution in [-0.2, 0) is 4.74 Å². The van der Waals surface area contributed by atoms with Crippen LogP contribution in [0.3, 0.4) is 0 Å². The largest absolute Gasteiger partial charge is 0.444 e. The van der Waals surface area contributed by atoms with E-state index in [1.54, 1.807) is 0 Å². The van der Waals surface area contributed by atoms with Crippen LogP contribution in [0.4, 0.5) is 4.79 Å². The number of carbonyl (C=O) groups is 1. The van der Waals surface area contributed by atoms with Gasteiger partial charge < -0.3 is 15.0 Å². The highest BCUT2D eigenvalue weighted by Crippen LogP contribution is 2.58. The van der Waals surface area contributed by atoms with Gasteiger partial charge in [0.05, 0.1) is 0 Å². The standard InChI is InChI=1S/C13H24N2O2/c1-5-14-7-10-6-13(10)8-15(9-13)11(16)17-12(2,3)4/h10,14H,5-9H2,1-4H3. The van der Waals surface area contributed by atoms with Crippen LogP contribution in [0.5, 0.6) is 0 Å². The van der Waals surface area contributed by atoms with E-state index in [0.717, 1.165) is 32.1 Å². The molecule has 1 spiro atoms. The molecular weight excluding hydrogens is 216 g/mol. The first-order valence-corrected chi connectivity index (χ1v) is 6.55. The van der Waals surface area contributed by atoms with Gasteiger partial charge in [-0.1, -0.05) is 6.92 Å². The molecule has 0 aromatic carbocycles. The van der Waals surface area contributed by atoms with Crippen molar-refractivity contribution in [1.82, 2.24) is 10.2 Å². The average molecular weight is 240 g/mol. The number of nitrogens with one attached hydrogen (secondary N) is 1. The topological polar surface area (TPSA) is 41.6 Å². The maximum atomic E-state index is 11.8. The zero-order valence-electron chi connectivity index (χ0n) is 11.4. The minimum Gasteiger partial charge on any atom is -0.444 e. The Morgan fingerprint density at radius 3 is 2.65 bits per heavy atom. The summed E-state index contributed by atoms with van der Waals surface area (Å²) in [5.41, 5.74) is 0.0473. The Labute approximate surface area is 104 Å². The monoisotopic (exact) mass is 240 g/mol. The normalized spacial score (nSPS) is 25.6. The molecule has 1 saturated heterocycles. The molecule has 0 radical (unpaired) electrons. The molecule has 17 heavy (non-hydrogen) atoms. The summed E-state index contributed by atoms with van der Waals surface area (Å²) in [6, 6.07) is 0. The third-order valence-electron chi connectivity index (χ3n) is 3.66. The Morgan fingerprint density at radius 1 is 1.47 bits per heavy atom. The van der Waals surface area contributed by atoms with E-state index >= 15 is 0 Å². The number of hydrogen-bond acceptors (Lipinski definition) is 3. The Bertz CT molecular complexity index is 303. The van der Waals surface area contributed by atoms with Gasteiger partial charge in [-0.05, 0) is 46.2 Å². The summed E-state index contributed by atoms with van der Waals surface area (Å²) in [5.74, 6) is 0.765. The number of carbonyl (C=O) groups excluding carboxylic acids is 1. The van der Waals surface area contributed by atoms with Crippen LogP contribution in [-0.4, -0.2) is 42.8 Å². The van der Waals surface area contributed by atoms with Crippen molar-refractivity contribution in [3.8, 4) is 0 Å². The highest BCUT2D eigenvalue weighted by Gasteiger charge is 2.62. The SMILES string of the molecule is CCNCC1CC12CN(C(=O)OC(C)(C)C)C2. The third-order valence-corrected chi connectivity index (χ3v) is 3.66. The van der Waals surface area contributed by atoms with Crippen molar-refractivity contribution in [3.63, 3.8) is 0 Å². The van der Waals surface area contributed by atoms with E-state index in [0.29, 0.717) is 5.41 Å². The predicted molar refractivity (Wildman–Crippen MR) is 66.9 cm³/mol. The summed E-state index contributed by atoms with van der Waals surface area (Å²) in [5, 5.41) is 3.38.